The normalized spacial score (nSPS) is 12.2. The quantitative estimate of drug-likeness (QED) is 0.548. The number of amides is 1. The van der Waals surface area contributed by atoms with Crippen molar-refractivity contribution in [2.75, 3.05) is 11.1 Å². The van der Waals surface area contributed by atoms with Crippen molar-refractivity contribution in [3.63, 3.8) is 0 Å². The second-order valence-electron chi connectivity index (χ2n) is 5.29. The molecule has 0 aliphatic rings. The fourth-order valence-electron chi connectivity index (χ4n) is 1.92. The number of rotatable bonds is 7. The molecule has 0 saturated heterocycles. The highest BCUT2D eigenvalue weighted by Crippen LogP contribution is 2.17. The van der Waals surface area contributed by atoms with Crippen molar-refractivity contribution >= 4 is 39.3 Å². The average Bonchev–Trinajstić information content (AvgIpc) is 2.60. The zero-order valence-corrected chi connectivity index (χ0v) is 15.5. The predicted octanol–water partition coefficient (Wildman–Crippen LogP) is 2.00. The Morgan fingerprint density at radius 3 is 2.31 bits per heavy atom. The van der Waals surface area contributed by atoms with E-state index in [1.54, 1.807) is 0 Å². The number of sulfonamides is 1. The van der Waals surface area contributed by atoms with Crippen molar-refractivity contribution in [3.8, 4) is 0 Å². The SMILES string of the molecule is CC(OC(=O)CSc1ccccc1)C(=O)Nc1ccc(S(N)(=O)=O)cc1. The minimum absolute atomic E-state index is 0.0621. The number of primary sulfonamides is 1. The number of esters is 1. The second-order valence-corrected chi connectivity index (χ2v) is 7.90. The second kappa shape index (κ2) is 8.84. The standard InChI is InChI=1S/C17H18N2O5S2/c1-12(24-16(20)11-25-14-5-3-2-4-6-14)17(21)19-13-7-9-15(10-8-13)26(18,22)23/h2-10,12H,11H2,1H3,(H,19,21)(H2,18,22,23). The van der Waals surface area contributed by atoms with Crippen molar-refractivity contribution in [2.24, 2.45) is 5.14 Å². The Hall–Kier alpha value is -2.36. The molecule has 9 heteroatoms. The summed E-state index contributed by atoms with van der Waals surface area (Å²) in [6.45, 7) is 1.46. The van der Waals surface area contributed by atoms with E-state index in [0.29, 0.717) is 5.69 Å². The number of carbonyl (C=O) groups excluding carboxylic acids is 2. The molecule has 1 unspecified atom stereocenters. The Morgan fingerprint density at radius 2 is 1.73 bits per heavy atom. The van der Waals surface area contributed by atoms with E-state index in [1.807, 2.05) is 30.3 Å². The number of thioether (sulfide) groups is 1. The van der Waals surface area contributed by atoms with Crippen LogP contribution in [0.25, 0.3) is 0 Å². The van der Waals surface area contributed by atoms with Crippen LogP contribution in [0.4, 0.5) is 5.69 Å². The molecule has 0 fully saturated rings. The van der Waals surface area contributed by atoms with Crippen LogP contribution in [-0.4, -0.2) is 32.2 Å². The van der Waals surface area contributed by atoms with E-state index >= 15 is 0 Å². The van der Waals surface area contributed by atoms with Crippen LogP contribution in [0, 0.1) is 0 Å². The smallest absolute Gasteiger partial charge is 0.317 e. The van der Waals surface area contributed by atoms with E-state index in [1.165, 1.54) is 43.0 Å². The highest BCUT2D eigenvalue weighted by Gasteiger charge is 2.18. The Bertz CT molecular complexity index is 868. The van der Waals surface area contributed by atoms with Crippen molar-refractivity contribution in [1.29, 1.82) is 0 Å². The summed E-state index contributed by atoms with van der Waals surface area (Å²) < 4.78 is 27.5. The molecule has 138 valence electrons. The number of anilines is 1. The van der Waals surface area contributed by atoms with Crippen LogP contribution >= 0.6 is 11.8 Å². The molecule has 7 nitrogen and oxygen atoms in total. The summed E-state index contributed by atoms with van der Waals surface area (Å²) in [7, 11) is -3.79. The maximum atomic E-state index is 12.1. The highest BCUT2D eigenvalue weighted by atomic mass is 32.2. The van der Waals surface area contributed by atoms with E-state index in [4.69, 9.17) is 9.88 Å². The Balaban J connectivity index is 1.84. The lowest BCUT2D eigenvalue weighted by Gasteiger charge is -2.13. The third-order valence-corrected chi connectivity index (χ3v) is 5.14. The van der Waals surface area contributed by atoms with Crippen LogP contribution in [0.3, 0.4) is 0 Å². The van der Waals surface area contributed by atoms with Crippen molar-refractivity contribution in [1.82, 2.24) is 0 Å². The van der Waals surface area contributed by atoms with Gasteiger partial charge in [-0.2, -0.15) is 0 Å². The van der Waals surface area contributed by atoms with E-state index in [-0.39, 0.29) is 10.6 Å². The van der Waals surface area contributed by atoms with Gasteiger partial charge in [-0.3, -0.25) is 9.59 Å². The van der Waals surface area contributed by atoms with E-state index in [0.717, 1.165) is 4.90 Å². The lowest BCUT2D eigenvalue weighted by Crippen LogP contribution is -2.30. The molecule has 1 amide bonds. The molecule has 26 heavy (non-hydrogen) atoms. The van der Waals surface area contributed by atoms with Gasteiger partial charge in [-0.25, -0.2) is 13.6 Å². The molecule has 0 radical (unpaired) electrons. The Kier molecular flexibility index (Phi) is 6.78. The van der Waals surface area contributed by atoms with Gasteiger partial charge in [0.25, 0.3) is 5.91 Å². The summed E-state index contributed by atoms with van der Waals surface area (Å²) in [5.74, 6) is -0.942. The lowest BCUT2D eigenvalue weighted by atomic mass is 10.3. The van der Waals surface area contributed by atoms with Gasteiger partial charge in [0, 0.05) is 10.6 Å². The molecule has 0 spiro atoms. The van der Waals surface area contributed by atoms with Crippen LogP contribution in [0.1, 0.15) is 6.92 Å². The Morgan fingerprint density at radius 1 is 1.12 bits per heavy atom. The summed E-state index contributed by atoms with van der Waals surface area (Å²) >= 11 is 1.32. The fraction of sp³-hybridized carbons (Fsp3) is 0.176. The first-order chi connectivity index (χ1) is 12.3. The first-order valence-electron chi connectivity index (χ1n) is 7.57. The monoisotopic (exact) mass is 394 g/mol. The predicted molar refractivity (Wildman–Crippen MR) is 99.2 cm³/mol. The summed E-state index contributed by atoms with van der Waals surface area (Å²) in [6, 6.07) is 14.7. The maximum absolute atomic E-state index is 12.1. The van der Waals surface area contributed by atoms with Gasteiger partial charge in [0.15, 0.2) is 6.10 Å². The number of benzene rings is 2. The number of carbonyl (C=O) groups is 2. The third kappa shape index (κ3) is 6.17. The van der Waals surface area contributed by atoms with Gasteiger partial charge in [0.1, 0.15) is 0 Å². The zero-order valence-electron chi connectivity index (χ0n) is 13.9. The molecule has 0 heterocycles. The largest absolute Gasteiger partial charge is 0.452 e. The van der Waals surface area contributed by atoms with Crippen LogP contribution in [-0.2, 0) is 24.3 Å². The van der Waals surface area contributed by atoms with E-state index < -0.39 is 28.0 Å². The molecular formula is C17H18N2O5S2. The summed E-state index contributed by atoms with van der Waals surface area (Å²) in [5, 5.41) is 7.55. The summed E-state index contributed by atoms with van der Waals surface area (Å²) in [4.78, 5) is 24.8. The minimum atomic E-state index is -3.79. The fourth-order valence-corrected chi connectivity index (χ4v) is 3.13. The van der Waals surface area contributed by atoms with Crippen LogP contribution in [0.5, 0.6) is 0 Å². The van der Waals surface area contributed by atoms with Crippen LogP contribution in [0.15, 0.2) is 64.4 Å². The van der Waals surface area contributed by atoms with Crippen molar-refractivity contribution in [3.05, 3.63) is 54.6 Å². The molecule has 0 aliphatic heterocycles. The first-order valence-corrected chi connectivity index (χ1v) is 10.1. The number of ether oxygens (including phenoxy) is 1. The molecule has 3 N–H and O–H groups in total. The van der Waals surface area contributed by atoms with E-state index in [2.05, 4.69) is 5.32 Å². The lowest BCUT2D eigenvalue weighted by molar-refractivity contribution is -0.150. The molecule has 0 aliphatic carbocycles. The number of nitrogens with one attached hydrogen (secondary N) is 1. The zero-order chi connectivity index (χ0) is 19.2. The molecular weight excluding hydrogens is 376 g/mol. The number of nitrogens with two attached hydrogens (primary N) is 1. The maximum Gasteiger partial charge on any atom is 0.317 e. The van der Waals surface area contributed by atoms with Crippen LogP contribution < -0.4 is 10.5 Å². The Labute approximate surface area is 156 Å². The van der Waals surface area contributed by atoms with Gasteiger partial charge in [-0.15, -0.1) is 11.8 Å². The number of hydrogen-bond acceptors (Lipinski definition) is 6. The van der Waals surface area contributed by atoms with Gasteiger partial charge in [0.2, 0.25) is 10.0 Å². The molecule has 0 saturated carbocycles. The molecule has 2 aromatic rings. The van der Waals surface area contributed by atoms with Gasteiger partial charge >= 0.3 is 5.97 Å². The highest BCUT2D eigenvalue weighted by molar-refractivity contribution is 8.00. The van der Waals surface area contributed by atoms with Crippen molar-refractivity contribution < 1.29 is 22.7 Å². The van der Waals surface area contributed by atoms with Gasteiger partial charge < -0.3 is 10.1 Å². The molecule has 0 aromatic heterocycles. The van der Waals surface area contributed by atoms with Gasteiger partial charge in [0.05, 0.1) is 10.6 Å². The van der Waals surface area contributed by atoms with Gasteiger partial charge in [-0.05, 0) is 43.3 Å². The summed E-state index contributed by atoms with van der Waals surface area (Å²) in [6.07, 6.45) is -0.989. The topological polar surface area (TPSA) is 116 Å². The minimum Gasteiger partial charge on any atom is -0.452 e. The van der Waals surface area contributed by atoms with Gasteiger partial charge in [-0.1, -0.05) is 18.2 Å². The first kappa shape index (κ1) is 20.0. The summed E-state index contributed by atoms with van der Waals surface area (Å²) in [5.41, 5.74) is 0.365. The molecule has 1 atom stereocenters. The average molecular weight is 394 g/mol. The molecule has 2 aromatic carbocycles. The number of hydrogen-bond donors (Lipinski definition) is 2. The third-order valence-electron chi connectivity index (χ3n) is 3.23. The molecule has 2 rings (SSSR count). The molecule has 0 bridgehead atoms. The van der Waals surface area contributed by atoms with Crippen molar-refractivity contribution in [2.45, 2.75) is 22.8 Å². The van der Waals surface area contributed by atoms with Crippen LogP contribution in [0.2, 0.25) is 0 Å². The van der Waals surface area contributed by atoms with E-state index in [9.17, 15) is 18.0 Å².